The predicted octanol–water partition coefficient (Wildman–Crippen LogP) is 2.55. The van der Waals surface area contributed by atoms with Crippen LogP contribution in [-0.4, -0.2) is 24.3 Å². The lowest BCUT2D eigenvalue weighted by atomic mass is 9.82. The summed E-state index contributed by atoms with van der Waals surface area (Å²) >= 11 is 0. The van der Waals surface area contributed by atoms with Gasteiger partial charge >= 0.3 is 5.97 Å². The van der Waals surface area contributed by atoms with Gasteiger partial charge in [-0.15, -0.1) is 0 Å². The lowest BCUT2D eigenvalue weighted by Gasteiger charge is -2.21. The van der Waals surface area contributed by atoms with Crippen molar-refractivity contribution < 1.29 is 14.6 Å². The molecular formula is C14H18O3. The molecule has 0 aliphatic carbocycles. The van der Waals surface area contributed by atoms with Crippen LogP contribution < -0.4 is 0 Å². The molecule has 1 N–H and O–H groups in total. The zero-order valence-electron chi connectivity index (χ0n) is 10.3. The maximum Gasteiger partial charge on any atom is 0.313 e. The van der Waals surface area contributed by atoms with Gasteiger partial charge in [-0.05, 0) is 31.4 Å². The van der Waals surface area contributed by atoms with Crippen molar-refractivity contribution in [1.82, 2.24) is 0 Å². The first-order chi connectivity index (χ1) is 8.01. The number of hydrogen-bond acceptors (Lipinski definition) is 2. The van der Waals surface area contributed by atoms with Crippen molar-refractivity contribution in [2.75, 3.05) is 13.2 Å². The van der Waals surface area contributed by atoms with Crippen LogP contribution in [0.2, 0.25) is 0 Å². The summed E-state index contributed by atoms with van der Waals surface area (Å²) in [6, 6.07) is 7.88. The maximum atomic E-state index is 11.2. The molecular weight excluding hydrogens is 216 g/mol. The first-order valence-corrected chi connectivity index (χ1v) is 5.93. The van der Waals surface area contributed by atoms with Gasteiger partial charge in [-0.1, -0.05) is 24.3 Å². The molecule has 1 aromatic rings. The van der Waals surface area contributed by atoms with Crippen molar-refractivity contribution in [3.05, 3.63) is 35.4 Å². The first kappa shape index (κ1) is 12.1. The van der Waals surface area contributed by atoms with Crippen molar-refractivity contribution in [3.8, 4) is 0 Å². The molecule has 1 aliphatic rings. The molecule has 1 saturated heterocycles. The number of aliphatic carboxylic acids is 1. The van der Waals surface area contributed by atoms with Crippen molar-refractivity contribution in [1.29, 1.82) is 0 Å². The van der Waals surface area contributed by atoms with Gasteiger partial charge in [-0.3, -0.25) is 4.79 Å². The average molecular weight is 234 g/mol. The number of ether oxygens (including phenoxy) is 1. The molecule has 1 aromatic carbocycles. The van der Waals surface area contributed by atoms with Crippen LogP contribution in [0.4, 0.5) is 0 Å². The van der Waals surface area contributed by atoms with Gasteiger partial charge in [0.25, 0.3) is 0 Å². The number of carboxylic acid groups (broad SMARTS) is 1. The largest absolute Gasteiger partial charge is 0.481 e. The van der Waals surface area contributed by atoms with E-state index in [0.29, 0.717) is 5.92 Å². The molecule has 1 aliphatic heterocycles. The van der Waals surface area contributed by atoms with Crippen molar-refractivity contribution in [2.45, 2.75) is 31.6 Å². The maximum absolute atomic E-state index is 11.2. The first-order valence-electron chi connectivity index (χ1n) is 5.93. The lowest BCUT2D eigenvalue weighted by Crippen LogP contribution is -2.28. The Kier molecular flexibility index (Phi) is 3.20. The SMILES string of the molecule is CC(C)(C(=O)O)c1cccc(C2CCOC2)c1. The summed E-state index contributed by atoms with van der Waals surface area (Å²) in [5, 5.41) is 9.23. The minimum Gasteiger partial charge on any atom is -0.481 e. The van der Waals surface area contributed by atoms with E-state index in [-0.39, 0.29) is 0 Å². The minimum absolute atomic E-state index is 0.416. The van der Waals surface area contributed by atoms with Gasteiger partial charge < -0.3 is 9.84 Å². The van der Waals surface area contributed by atoms with E-state index in [1.165, 1.54) is 5.56 Å². The van der Waals surface area contributed by atoms with E-state index in [0.717, 1.165) is 25.2 Å². The van der Waals surface area contributed by atoms with E-state index in [9.17, 15) is 9.90 Å². The predicted molar refractivity (Wildman–Crippen MR) is 65.3 cm³/mol. The summed E-state index contributed by atoms with van der Waals surface area (Å²) in [5.74, 6) is -0.378. The molecule has 3 heteroatoms. The molecule has 3 nitrogen and oxygen atoms in total. The molecule has 2 rings (SSSR count). The Morgan fingerprint density at radius 2 is 2.24 bits per heavy atom. The smallest absolute Gasteiger partial charge is 0.313 e. The van der Waals surface area contributed by atoms with Gasteiger partial charge in [0.15, 0.2) is 0 Å². The van der Waals surface area contributed by atoms with Crippen LogP contribution in [0, 0.1) is 0 Å². The Morgan fingerprint density at radius 1 is 1.47 bits per heavy atom. The summed E-state index contributed by atoms with van der Waals surface area (Å²) in [4.78, 5) is 11.2. The van der Waals surface area contributed by atoms with Crippen molar-refractivity contribution >= 4 is 5.97 Å². The summed E-state index contributed by atoms with van der Waals surface area (Å²) < 4.78 is 5.37. The Hall–Kier alpha value is -1.35. The van der Waals surface area contributed by atoms with Gasteiger partial charge in [-0.2, -0.15) is 0 Å². The summed E-state index contributed by atoms with van der Waals surface area (Å²) in [6.07, 6.45) is 1.02. The van der Waals surface area contributed by atoms with E-state index >= 15 is 0 Å². The van der Waals surface area contributed by atoms with E-state index < -0.39 is 11.4 Å². The fraction of sp³-hybridized carbons (Fsp3) is 0.500. The van der Waals surface area contributed by atoms with Crippen molar-refractivity contribution in [2.24, 2.45) is 0 Å². The highest BCUT2D eigenvalue weighted by Crippen LogP contribution is 2.30. The Balaban J connectivity index is 2.31. The molecule has 1 fully saturated rings. The zero-order valence-corrected chi connectivity index (χ0v) is 10.3. The normalized spacial score (nSPS) is 20.5. The topological polar surface area (TPSA) is 46.5 Å². The van der Waals surface area contributed by atoms with Gasteiger partial charge in [-0.25, -0.2) is 0 Å². The number of benzene rings is 1. The standard InChI is InChI=1S/C14H18O3/c1-14(2,13(15)16)12-5-3-4-10(8-12)11-6-7-17-9-11/h3-5,8,11H,6-7,9H2,1-2H3,(H,15,16). The number of carboxylic acids is 1. The molecule has 1 atom stereocenters. The second-order valence-corrected chi connectivity index (χ2v) is 5.12. The fourth-order valence-electron chi connectivity index (χ4n) is 2.10. The van der Waals surface area contributed by atoms with E-state index in [4.69, 9.17) is 4.74 Å². The molecule has 0 radical (unpaired) electrons. The third-order valence-corrected chi connectivity index (χ3v) is 3.54. The van der Waals surface area contributed by atoms with Crippen LogP contribution in [-0.2, 0) is 14.9 Å². The van der Waals surface area contributed by atoms with Crippen LogP contribution in [0.15, 0.2) is 24.3 Å². The third-order valence-electron chi connectivity index (χ3n) is 3.54. The Bertz CT molecular complexity index is 417. The Morgan fingerprint density at radius 3 is 2.82 bits per heavy atom. The van der Waals surface area contributed by atoms with Gasteiger partial charge in [0, 0.05) is 12.5 Å². The molecule has 92 valence electrons. The summed E-state index contributed by atoms with van der Waals surface area (Å²) in [5.41, 5.74) is 1.21. The third kappa shape index (κ3) is 2.34. The van der Waals surface area contributed by atoms with E-state index in [1.807, 2.05) is 18.2 Å². The highest BCUT2D eigenvalue weighted by atomic mass is 16.5. The second-order valence-electron chi connectivity index (χ2n) is 5.12. The Labute approximate surface area is 101 Å². The van der Waals surface area contributed by atoms with E-state index in [2.05, 4.69) is 6.07 Å². The second kappa shape index (κ2) is 4.49. The highest BCUT2D eigenvalue weighted by Gasteiger charge is 2.30. The van der Waals surface area contributed by atoms with Crippen LogP contribution in [0.3, 0.4) is 0 Å². The molecule has 0 bridgehead atoms. The number of rotatable bonds is 3. The quantitative estimate of drug-likeness (QED) is 0.874. The minimum atomic E-state index is -0.838. The van der Waals surface area contributed by atoms with Crippen LogP contribution in [0.25, 0.3) is 0 Å². The van der Waals surface area contributed by atoms with Gasteiger partial charge in [0.2, 0.25) is 0 Å². The monoisotopic (exact) mass is 234 g/mol. The van der Waals surface area contributed by atoms with Crippen LogP contribution in [0.1, 0.15) is 37.3 Å². The summed E-state index contributed by atoms with van der Waals surface area (Å²) in [7, 11) is 0. The van der Waals surface area contributed by atoms with Crippen LogP contribution in [0.5, 0.6) is 0 Å². The van der Waals surface area contributed by atoms with E-state index in [1.54, 1.807) is 13.8 Å². The molecule has 0 amide bonds. The lowest BCUT2D eigenvalue weighted by molar-refractivity contribution is -0.142. The van der Waals surface area contributed by atoms with Crippen molar-refractivity contribution in [3.63, 3.8) is 0 Å². The molecule has 0 spiro atoms. The molecule has 1 unspecified atom stereocenters. The molecule has 0 aromatic heterocycles. The molecule has 0 saturated carbocycles. The molecule has 17 heavy (non-hydrogen) atoms. The average Bonchev–Trinajstić information content (AvgIpc) is 2.82. The van der Waals surface area contributed by atoms with Gasteiger partial charge in [0.1, 0.15) is 0 Å². The fourth-order valence-corrected chi connectivity index (χ4v) is 2.10. The molecule has 1 heterocycles. The summed E-state index contributed by atoms with van der Waals surface area (Å²) in [6.45, 7) is 5.02. The van der Waals surface area contributed by atoms with Gasteiger partial charge in [0.05, 0.1) is 12.0 Å². The number of hydrogen-bond donors (Lipinski definition) is 1. The number of carbonyl (C=O) groups is 1. The zero-order chi connectivity index (χ0) is 12.5. The highest BCUT2D eigenvalue weighted by molar-refractivity contribution is 5.80. The van der Waals surface area contributed by atoms with Crippen LogP contribution >= 0.6 is 0 Å².